The van der Waals surface area contributed by atoms with Gasteiger partial charge in [0.05, 0.1) is 12.8 Å². The predicted molar refractivity (Wildman–Crippen MR) is 94.9 cm³/mol. The SMILES string of the molecule is COc1cc(-c2ccnc(Nc3cccc(Cl)c3)n2)cc2c1OCO2. The molecule has 3 aromatic rings. The second-order valence-electron chi connectivity index (χ2n) is 5.31. The molecule has 0 bridgehead atoms. The van der Waals surface area contributed by atoms with Gasteiger partial charge in [0.2, 0.25) is 18.5 Å². The first-order valence-corrected chi connectivity index (χ1v) is 7.94. The number of methoxy groups -OCH3 is 1. The lowest BCUT2D eigenvalue weighted by Crippen LogP contribution is -1.98. The van der Waals surface area contributed by atoms with Crippen molar-refractivity contribution in [3.05, 3.63) is 53.7 Å². The summed E-state index contributed by atoms with van der Waals surface area (Å²) < 4.78 is 16.3. The lowest BCUT2D eigenvalue weighted by atomic mass is 10.1. The number of nitrogens with one attached hydrogen (secondary N) is 1. The highest BCUT2D eigenvalue weighted by Gasteiger charge is 2.21. The minimum atomic E-state index is 0.181. The Balaban J connectivity index is 1.68. The average Bonchev–Trinajstić information content (AvgIpc) is 3.10. The Labute approximate surface area is 149 Å². The van der Waals surface area contributed by atoms with Crippen LogP contribution in [0.4, 0.5) is 11.6 Å². The van der Waals surface area contributed by atoms with Crippen LogP contribution in [-0.4, -0.2) is 23.9 Å². The van der Waals surface area contributed by atoms with Crippen molar-refractivity contribution in [2.75, 3.05) is 19.2 Å². The molecule has 0 spiro atoms. The summed E-state index contributed by atoms with van der Waals surface area (Å²) in [5.74, 6) is 2.32. The van der Waals surface area contributed by atoms with Crippen molar-refractivity contribution in [1.82, 2.24) is 9.97 Å². The molecule has 0 radical (unpaired) electrons. The van der Waals surface area contributed by atoms with Crippen LogP contribution in [0.2, 0.25) is 5.02 Å². The van der Waals surface area contributed by atoms with Gasteiger partial charge in [-0.25, -0.2) is 9.97 Å². The molecular formula is C18H14ClN3O3. The maximum Gasteiger partial charge on any atom is 0.231 e. The molecule has 0 amide bonds. The first kappa shape index (κ1) is 15.5. The largest absolute Gasteiger partial charge is 0.493 e. The van der Waals surface area contributed by atoms with E-state index < -0.39 is 0 Å². The maximum absolute atomic E-state index is 6.01. The molecule has 0 fully saturated rings. The fourth-order valence-corrected chi connectivity index (χ4v) is 2.74. The summed E-state index contributed by atoms with van der Waals surface area (Å²) >= 11 is 6.01. The van der Waals surface area contributed by atoms with Crippen molar-refractivity contribution < 1.29 is 14.2 Å². The Morgan fingerprint density at radius 1 is 1.16 bits per heavy atom. The Hall–Kier alpha value is -2.99. The third kappa shape index (κ3) is 3.16. The number of ether oxygens (including phenoxy) is 3. The third-order valence-electron chi connectivity index (χ3n) is 3.69. The van der Waals surface area contributed by atoms with Crippen molar-refractivity contribution >= 4 is 23.2 Å². The van der Waals surface area contributed by atoms with Crippen LogP contribution in [0.5, 0.6) is 17.2 Å². The van der Waals surface area contributed by atoms with Gasteiger partial charge in [-0.2, -0.15) is 0 Å². The summed E-state index contributed by atoms with van der Waals surface area (Å²) in [7, 11) is 1.59. The predicted octanol–water partition coefficient (Wildman–Crippen LogP) is 4.28. The van der Waals surface area contributed by atoms with Gasteiger partial charge >= 0.3 is 0 Å². The van der Waals surface area contributed by atoms with Crippen molar-refractivity contribution in [2.24, 2.45) is 0 Å². The first-order chi connectivity index (χ1) is 12.2. The fourth-order valence-electron chi connectivity index (χ4n) is 2.55. The third-order valence-corrected chi connectivity index (χ3v) is 3.93. The number of anilines is 2. The van der Waals surface area contributed by atoms with E-state index in [9.17, 15) is 0 Å². The van der Waals surface area contributed by atoms with E-state index in [0.717, 1.165) is 16.9 Å². The van der Waals surface area contributed by atoms with Crippen molar-refractivity contribution in [2.45, 2.75) is 0 Å². The molecule has 7 heteroatoms. The van der Waals surface area contributed by atoms with Gasteiger partial charge in [0.25, 0.3) is 0 Å². The van der Waals surface area contributed by atoms with E-state index in [-0.39, 0.29) is 6.79 Å². The number of hydrogen-bond donors (Lipinski definition) is 1. The second-order valence-corrected chi connectivity index (χ2v) is 5.75. The van der Waals surface area contributed by atoms with Crippen LogP contribution >= 0.6 is 11.6 Å². The Morgan fingerprint density at radius 3 is 2.92 bits per heavy atom. The molecule has 0 aliphatic carbocycles. The summed E-state index contributed by atoms with van der Waals surface area (Å²) in [5, 5.41) is 3.78. The van der Waals surface area contributed by atoms with Gasteiger partial charge in [0.1, 0.15) is 0 Å². The van der Waals surface area contributed by atoms with Gasteiger partial charge in [0, 0.05) is 22.5 Å². The number of nitrogens with zero attached hydrogens (tertiary/aromatic N) is 2. The smallest absolute Gasteiger partial charge is 0.231 e. The van der Waals surface area contributed by atoms with Crippen LogP contribution in [0.3, 0.4) is 0 Å². The maximum atomic E-state index is 6.01. The summed E-state index contributed by atoms with van der Waals surface area (Å²) in [4.78, 5) is 8.80. The standard InChI is InChI=1S/C18H14ClN3O3/c1-23-15-7-11(8-16-17(15)25-10-24-16)14-5-6-20-18(22-14)21-13-4-2-3-12(19)9-13/h2-9H,10H2,1H3,(H,20,21,22). The van der Waals surface area contributed by atoms with Gasteiger partial charge in [0.15, 0.2) is 11.5 Å². The topological polar surface area (TPSA) is 65.5 Å². The number of hydrogen-bond acceptors (Lipinski definition) is 6. The lowest BCUT2D eigenvalue weighted by Gasteiger charge is -2.09. The fraction of sp³-hybridized carbons (Fsp3) is 0.111. The van der Waals surface area contributed by atoms with Crippen LogP contribution < -0.4 is 19.5 Å². The van der Waals surface area contributed by atoms with Crippen molar-refractivity contribution in [3.8, 4) is 28.5 Å². The zero-order valence-corrected chi connectivity index (χ0v) is 14.1. The highest BCUT2D eigenvalue weighted by Crippen LogP contribution is 2.43. The number of rotatable bonds is 4. The van der Waals surface area contributed by atoms with Gasteiger partial charge in [-0.05, 0) is 36.4 Å². The molecule has 4 rings (SSSR count). The highest BCUT2D eigenvalue weighted by molar-refractivity contribution is 6.30. The monoisotopic (exact) mass is 355 g/mol. The Bertz CT molecular complexity index is 933. The van der Waals surface area contributed by atoms with Crippen LogP contribution in [0.25, 0.3) is 11.3 Å². The summed E-state index contributed by atoms with van der Waals surface area (Å²) in [6.07, 6.45) is 1.69. The number of fused-ring (bicyclic) bond motifs is 1. The Kier molecular flexibility index (Phi) is 4.03. The van der Waals surface area contributed by atoms with Gasteiger partial charge < -0.3 is 19.5 Å². The minimum Gasteiger partial charge on any atom is -0.493 e. The van der Waals surface area contributed by atoms with E-state index in [1.54, 1.807) is 19.4 Å². The molecule has 126 valence electrons. The van der Waals surface area contributed by atoms with E-state index in [4.69, 9.17) is 25.8 Å². The zero-order chi connectivity index (χ0) is 17.2. The molecule has 1 N–H and O–H groups in total. The molecule has 2 heterocycles. The van der Waals surface area contributed by atoms with Crippen LogP contribution in [-0.2, 0) is 0 Å². The molecule has 0 unspecified atom stereocenters. The summed E-state index contributed by atoms with van der Waals surface area (Å²) in [6, 6.07) is 12.9. The van der Waals surface area contributed by atoms with Crippen molar-refractivity contribution in [1.29, 1.82) is 0 Å². The molecular weight excluding hydrogens is 342 g/mol. The highest BCUT2D eigenvalue weighted by atomic mass is 35.5. The first-order valence-electron chi connectivity index (χ1n) is 7.56. The molecule has 0 atom stereocenters. The molecule has 25 heavy (non-hydrogen) atoms. The van der Waals surface area contributed by atoms with E-state index in [1.807, 2.05) is 36.4 Å². The molecule has 0 saturated heterocycles. The molecule has 1 aliphatic heterocycles. The number of benzene rings is 2. The molecule has 1 aromatic heterocycles. The molecule has 1 aliphatic rings. The quantitative estimate of drug-likeness (QED) is 0.753. The molecule has 2 aromatic carbocycles. The minimum absolute atomic E-state index is 0.181. The van der Waals surface area contributed by atoms with E-state index in [0.29, 0.717) is 28.2 Å². The molecule has 0 saturated carbocycles. The van der Waals surface area contributed by atoms with Crippen LogP contribution in [0, 0.1) is 0 Å². The van der Waals surface area contributed by atoms with Crippen LogP contribution in [0.1, 0.15) is 0 Å². The van der Waals surface area contributed by atoms with E-state index in [1.165, 1.54) is 0 Å². The van der Waals surface area contributed by atoms with E-state index >= 15 is 0 Å². The number of aromatic nitrogens is 2. The zero-order valence-electron chi connectivity index (χ0n) is 13.3. The van der Waals surface area contributed by atoms with Crippen molar-refractivity contribution in [3.63, 3.8) is 0 Å². The van der Waals surface area contributed by atoms with E-state index in [2.05, 4.69) is 15.3 Å². The molecule has 6 nitrogen and oxygen atoms in total. The number of halogens is 1. The van der Waals surface area contributed by atoms with Gasteiger partial charge in [-0.3, -0.25) is 0 Å². The van der Waals surface area contributed by atoms with Crippen LogP contribution in [0.15, 0.2) is 48.7 Å². The summed E-state index contributed by atoms with van der Waals surface area (Å²) in [5.41, 5.74) is 2.39. The summed E-state index contributed by atoms with van der Waals surface area (Å²) in [6.45, 7) is 0.181. The lowest BCUT2D eigenvalue weighted by molar-refractivity contribution is 0.171. The van der Waals surface area contributed by atoms with Gasteiger partial charge in [-0.1, -0.05) is 17.7 Å². The second kappa shape index (κ2) is 6.49. The average molecular weight is 356 g/mol. The normalized spacial score (nSPS) is 12.1. The van der Waals surface area contributed by atoms with Gasteiger partial charge in [-0.15, -0.1) is 0 Å². The Morgan fingerprint density at radius 2 is 2.08 bits per heavy atom.